The van der Waals surface area contributed by atoms with Crippen molar-refractivity contribution < 1.29 is 9.15 Å². The van der Waals surface area contributed by atoms with Crippen molar-refractivity contribution >= 4 is 0 Å². The Bertz CT molecular complexity index is 356. The van der Waals surface area contributed by atoms with Crippen LogP contribution >= 0.6 is 0 Å². The maximum atomic E-state index is 5.83. The van der Waals surface area contributed by atoms with Crippen molar-refractivity contribution in [1.29, 1.82) is 0 Å². The van der Waals surface area contributed by atoms with Crippen molar-refractivity contribution in [3.05, 3.63) is 17.8 Å². The first-order chi connectivity index (χ1) is 8.15. The summed E-state index contributed by atoms with van der Waals surface area (Å²) in [6, 6.07) is 0.161. The van der Waals surface area contributed by atoms with Crippen LogP contribution in [-0.2, 0) is 10.3 Å². The van der Waals surface area contributed by atoms with Gasteiger partial charge in [0.15, 0.2) is 5.76 Å². The molecule has 17 heavy (non-hydrogen) atoms. The Morgan fingerprint density at radius 3 is 3.06 bits per heavy atom. The monoisotopic (exact) mass is 238 g/mol. The molecule has 0 aromatic carbocycles. The highest BCUT2D eigenvalue weighted by atomic mass is 16.5. The van der Waals surface area contributed by atoms with Crippen molar-refractivity contribution in [2.24, 2.45) is 0 Å². The predicted octanol–water partition coefficient (Wildman–Crippen LogP) is 2.76. The zero-order chi connectivity index (χ0) is 12.3. The van der Waals surface area contributed by atoms with Gasteiger partial charge in [-0.1, -0.05) is 6.92 Å². The van der Waals surface area contributed by atoms with Gasteiger partial charge in [-0.15, -0.1) is 0 Å². The van der Waals surface area contributed by atoms with E-state index in [1.54, 1.807) is 0 Å². The third kappa shape index (κ3) is 2.69. The second-order valence-electron chi connectivity index (χ2n) is 4.92. The van der Waals surface area contributed by atoms with Crippen molar-refractivity contribution in [1.82, 2.24) is 10.3 Å². The fourth-order valence-electron chi connectivity index (χ4n) is 2.15. The minimum atomic E-state index is -0.268. The van der Waals surface area contributed by atoms with Crippen LogP contribution < -0.4 is 5.32 Å². The van der Waals surface area contributed by atoms with Gasteiger partial charge in [-0.2, -0.15) is 0 Å². The highest BCUT2D eigenvalue weighted by molar-refractivity contribution is 5.08. The van der Waals surface area contributed by atoms with E-state index in [0.29, 0.717) is 0 Å². The van der Waals surface area contributed by atoms with Gasteiger partial charge >= 0.3 is 0 Å². The lowest BCUT2D eigenvalue weighted by atomic mass is 10.0. The standard InChI is InChI=1S/C13H22N2O2/c1-4-7-14-10(2)12-15-9-11(17-12)13(3)6-5-8-16-13/h9-10,14H,4-8H2,1-3H3. The number of aromatic nitrogens is 1. The maximum absolute atomic E-state index is 5.83. The molecule has 1 aliphatic heterocycles. The molecule has 2 rings (SSSR count). The number of hydrogen-bond donors (Lipinski definition) is 1. The summed E-state index contributed by atoms with van der Waals surface area (Å²) < 4.78 is 11.6. The van der Waals surface area contributed by atoms with Gasteiger partial charge in [0, 0.05) is 6.61 Å². The molecule has 0 spiro atoms. The van der Waals surface area contributed by atoms with E-state index in [4.69, 9.17) is 9.15 Å². The Morgan fingerprint density at radius 2 is 2.41 bits per heavy atom. The Hall–Kier alpha value is -0.870. The van der Waals surface area contributed by atoms with Crippen molar-refractivity contribution in [3.8, 4) is 0 Å². The molecule has 1 aliphatic rings. The highest BCUT2D eigenvalue weighted by Gasteiger charge is 2.35. The summed E-state index contributed by atoms with van der Waals surface area (Å²) in [5, 5.41) is 3.37. The van der Waals surface area contributed by atoms with Gasteiger partial charge in [0.25, 0.3) is 0 Å². The van der Waals surface area contributed by atoms with Crippen LogP contribution in [0.2, 0.25) is 0 Å². The van der Waals surface area contributed by atoms with Crippen LogP contribution in [0, 0.1) is 0 Å². The second-order valence-corrected chi connectivity index (χ2v) is 4.92. The second kappa shape index (κ2) is 5.19. The highest BCUT2D eigenvalue weighted by Crippen LogP contribution is 2.36. The zero-order valence-corrected chi connectivity index (χ0v) is 11.0. The molecular formula is C13H22N2O2. The van der Waals surface area contributed by atoms with E-state index in [0.717, 1.165) is 44.1 Å². The van der Waals surface area contributed by atoms with E-state index in [2.05, 4.69) is 31.1 Å². The molecule has 1 fully saturated rings. The lowest BCUT2D eigenvalue weighted by molar-refractivity contribution is -0.00198. The summed E-state index contributed by atoms with van der Waals surface area (Å²) in [6.07, 6.45) is 5.03. The molecule has 0 aliphatic carbocycles. The van der Waals surface area contributed by atoms with Crippen LogP contribution in [0.3, 0.4) is 0 Å². The first-order valence-electron chi connectivity index (χ1n) is 6.49. The minimum Gasteiger partial charge on any atom is -0.441 e. The average Bonchev–Trinajstić information content (AvgIpc) is 2.95. The molecule has 1 aromatic rings. The van der Waals surface area contributed by atoms with E-state index in [1.807, 2.05) is 6.20 Å². The van der Waals surface area contributed by atoms with Crippen molar-refractivity contribution in [3.63, 3.8) is 0 Å². The average molecular weight is 238 g/mol. The minimum absolute atomic E-state index is 0.161. The summed E-state index contributed by atoms with van der Waals surface area (Å²) in [5.74, 6) is 1.61. The molecular weight excluding hydrogens is 216 g/mol. The Morgan fingerprint density at radius 1 is 1.59 bits per heavy atom. The fourth-order valence-corrected chi connectivity index (χ4v) is 2.15. The molecule has 0 saturated carbocycles. The third-order valence-electron chi connectivity index (χ3n) is 3.33. The molecule has 0 amide bonds. The summed E-state index contributed by atoms with van der Waals surface area (Å²) in [5.41, 5.74) is -0.268. The summed E-state index contributed by atoms with van der Waals surface area (Å²) in [6.45, 7) is 8.09. The van der Waals surface area contributed by atoms with Gasteiger partial charge in [-0.25, -0.2) is 4.98 Å². The van der Waals surface area contributed by atoms with Crippen LogP contribution in [0.15, 0.2) is 10.6 Å². The SMILES string of the molecule is CCCNC(C)c1ncc(C2(C)CCCO2)o1. The van der Waals surface area contributed by atoms with Crippen molar-refractivity contribution in [2.75, 3.05) is 13.2 Å². The Labute approximate surface area is 103 Å². The molecule has 96 valence electrons. The van der Waals surface area contributed by atoms with Crippen LogP contribution in [0.5, 0.6) is 0 Å². The quantitative estimate of drug-likeness (QED) is 0.857. The van der Waals surface area contributed by atoms with E-state index in [9.17, 15) is 0 Å². The van der Waals surface area contributed by atoms with Gasteiger partial charge in [-0.3, -0.25) is 0 Å². The smallest absolute Gasteiger partial charge is 0.211 e. The maximum Gasteiger partial charge on any atom is 0.211 e. The largest absolute Gasteiger partial charge is 0.441 e. The van der Waals surface area contributed by atoms with Crippen LogP contribution in [0.4, 0.5) is 0 Å². The molecule has 1 N–H and O–H groups in total. The molecule has 1 aromatic heterocycles. The normalized spacial score (nSPS) is 26.3. The zero-order valence-electron chi connectivity index (χ0n) is 11.0. The van der Waals surface area contributed by atoms with Gasteiger partial charge in [0.05, 0.1) is 12.2 Å². The lowest BCUT2D eigenvalue weighted by Gasteiger charge is -2.19. The Balaban J connectivity index is 2.05. The van der Waals surface area contributed by atoms with Gasteiger partial charge in [0.2, 0.25) is 5.89 Å². The summed E-state index contributed by atoms with van der Waals surface area (Å²) in [4.78, 5) is 4.35. The number of rotatable bonds is 5. The molecule has 2 unspecified atom stereocenters. The number of nitrogens with one attached hydrogen (secondary N) is 1. The molecule has 2 atom stereocenters. The summed E-state index contributed by atoms with van der Waals surface area (Å²) >= 11 is 0. The molecule has 1 saturated heterocycles. The van der Waals surface area contributed by atoms with Crippen LogP contribution in [-0.4, -0.2) is 18.1 Å². The third-order valence-corrected chi connectivity index (χ3v) is 3.33. The van der Waals surface area contributed by atoms with E-state index in [1.165, 1.54) is 0 Å². The topological polar surface area (TPSA) is 47.3 Å². The summed E-state index contributed by atoms with van der Waals surface area (Å²) in [7, 11) is 0. The van der Waals surface area contributed by atoms with E-state index >= 15 is 0 Å². The molecule has 2 heterocycles. The van der Waals surface area contributed by atoms with Gasteiger partial charge in [-0.05, 0) is 39.7 Å². The number of hydrogen-bond acceptors (Lipinski definition) is 4. The van der Waals surface area contributed by atoms with Gasteiger partial charge in [0.1, 0.15) is 5.60 Å². The van der Waals surface area contributed by atoms with Crippen LogP contribution in [0.1, 0.15) is 57.7 Å². The first kappa shape index (κ1) is 12.6. The number of oxazole rings is 1. The van der Waals surface area contributed by atoms with Gasteiger partial charge < -0.3 is 14.5 Å². The molecule has 0 radical (unpaired) electrons. The Kier molecular flexibility index (Phi) is 3.84. The van der Waals surface area contributed by atoms with E-state index in [-0.39, 0.29) is 11.6 Å². The predicted molar refractivity (Wildman–Crippen MR) is 65.7 cm³/mol. The first-order valence-corrected chi connectivity index (χ1v) is 6.49. The van der Waals surface area contributed by atoms with Crippen molar-refractivity contribution in [2.45, 2.75) is 51.7 Å². The number of nitrogens with zero attached hydrogens (tertiary/aromatic N) is 1. The fraction of sp³-hybridized carbons (Fsp3) is 0.769. The molecule has 0 bridgehead atoms. The molecule has 4 heteroatoms. The molecule has 4 nitrogen and oxygen atoms in total. The lowest BCUT2D eigenvalue weighted by Crippen LogP contribution is -2.20. The number of ether oxygens (including phenoxy) is 1. The van der Waals surface area contributed by atoms with Crippen LogP contribution in [0.25, 0.3) is 0 Å². The van der Waals surface area contributed by atoms with E-state index < -0.39 is 0 Å².